The molecule has 9 nitrogen and oxygen atoms in total. The first-order valence-corrected chi connectivity index (χ1v) is 9.86. The number of para-hydroxylation sites is 1. The minimum absolute atomic E-state index is 0.190. The van der Waals surface area contributed by atoms with Crippen molar-refractivity contribution < 1.29 is 13.9 Å². The number of carbonyl (C=O) groups excluding carboxylic acids is 1. The zero-order valence-corrected chi connectivity index (χ0v) is 17.1. The predicted octanol–water partition coefficient (Wildman–Crippen LogP) is 3.43. The van der Waals surface area contributed by atoms with Crippen molar-refractivity contribution in [3.63, 3.8) is 0 Å². The van der Waals surface area contributed by atoms with E-state index < -0.39 is 0 Å². The lowest BCUT2D eigenvalue weighted by Crippen LogP contribution is -2.19. The van der Waals surface area contributed by atoms with Crippen LogP contribution in [0.4, 0.5) is 5.82 Å². The van der Waals surface area contributed by atoms with E-state index >= 15 is 0 Å². The molecule has 0 unspecified atom stereocenters. The Morgan fingerprint density at radius 2 is 2.03 bits per heavy atom. The number of benzene rings is 1. The standard InChI is InChI=1S/C22H21N5O4/c1-3-14-12-20(28)25-22(23-14)27-19(13-16(26-27)18-10-7-11-31-18)24-21(29)15-8-5-6-9-17(15)30-4-2/h5-13H,3-4H2,1-2H3,(H,24,29)(H,23,25,28). The first-order valence-electron chi connectivity index (χ1n) is 9.86. The van der Waals surface area contributed by atoms with Crippen molar-refractivity contribution in [2.24, 2.45) is 0 Å². The van der Waals surface area contributed by atoms with E-state index in [9.17, 15) is 9.59 Å². The molecule has 0 aliphatic heterocycles. The van der Waals surface area contributed by atoms with Gasteiger partial charge in [-0.05, 0) is 37.6 Å². The molecule has 31 heavy (non-hydrogen) atoms. The van der Waals surface area contributed by atoms with Gasteiger partial charge < -0.3 is 14.5 Å². The van der Waals surface area contributed by atoms with Gasteiger partial charge in [0.1, 0.15) is 17.3 Å². The van der Waals surface area contributed by atoms with Crippen molar-refractivity contribution in [1.29, 1.82) is 0 Å². The summed E-state index contributed by atoms with van der Waals surface area (Å²) < 4.78 is 12.4. The van der Waals surface area contributed by atoms with Gasteiger partial charge in [-0.15, -0.1) is 0 Å². The predicted molar refractivity (Wildman–Crippen MR) is 115 cm³/mol. The third-order valence-electron chi connectivity index (χ3n) is 4.50. The lowest BCUT2D eigenvalue weighted by Gasteiger charge is -2.11. The number of carbonyl (C=O) groups is 1. The number of nitrogens with zero attached hydrogens (tertiary/aromatic N) is 3. The summed E-state index contributed by atoms with van der Waals surface area (Å²) in [4.78, 5) is 32.2. The number of amides is 1. The fourth-order valence-corrected chi connectivity index (χ4v) is 3.07. The molecule has 0 spiro atoms. The summed E-state index contributed by atoms with van der Waals surface area (Å²) >= 11 is 0. The maximum Gasteiger partial charge on any atom is 0.260 e. The molecule has 0 bridgehead atoms. The monoisotopic (exact) mass is 419 g/mol. The topological polar surface area (TPSA) is 115 Å². The van der Waals surface area contributed by atoms with E-state index in [1.54, 1.807) is 42.5 Å². The number of rotatable bonds is 7. The molecule has 0 saturated heterocycles. The minimum atomic E-state index is -0.384. The quantitative estimate of drug-likeness (QED) is 0.474. The lowest BCUT2D eigenvalue weighted by molar-refractivity contribution is 0.102. The van der Waals surface area contributed by atoms with Crippen molar-refractivity contribution in [1.82, 2.24) is 19.7 Å². The molecule has 0 aliphatic carbocycles. The third kappa shape index (κ3) is 4.25. The highest BCUT2D eigenvalue weighted by molar-refractivity contribution is 6.06. The molecule has 3 aromatic heterocycles. The van der Waals surface area contributed by atoms with Crippen molar-refractivity contribution in [3.05, 3.63) is 76.4 Å². The SMILES string of the molecule is CCOc1ccccc1C(=O)Nc1cc(-c2ccco2)nn1-c1nc(CC)cc(=O)[nH]1. The number of furan rings is 1. The highest BCUT2D eigenvalue weighted by Gasteiger charge is 2.19. The highest BCUT2D eigenvalue weighted by atomic mass is 16.5. The average molecular weight is 419 g/mol. The average Bonchev–Trinajstić information content (AvgIpc) is 3.44. The molecule has 0 aliphatic rings. The number of anilines is 1. The molecule has 2 N–H and O–H groups in total. The molecule has 0 atom stereocenters. The third-order valence-corrected chi connectivity index (χ3v) is 4.50. The molecule has 9 heteroatoms. The summed E-state index contributed by atoms with van der Waals surface area (Å²) in [6.45, 7) is 4.18. The smallest absolute Gasteiger partial charge is 0.260 e. The Morgan fingerprint density at radius 3 is 2.77 bits per heavy atom. The van der Waals surface area contributed by atoms with E-state index in [1.807, 2.05) is 13.8 Å². The highest BCUT2D eigenvalue weighted by Crippen LogP contribution is 2.26. The Labute approximate surface area is 177 Å². The Bertz CT molecular complexity index is 1260. The summed E-state index contributed by atoms with van der Waals surface area (Å²) in [7, 11) is 0. The van der Waals surface area contributed by atoms with Crippen molar-refractivity contribution >= 4 is 11.7 Å². The number of hydrogen-bond acceptors (Lipinski definition) is 6. The van der Waals surface area contributed by atoms with E-state index in [-0.39, 0.29) is 17.4 Å². The summed E-state index contributed by atoms with van der Waals surface area (Å²) in [6.07, 6.45) is 2.11. The molecular formula is C22H21N5O4. The van der Waals surface area contributed by atoms with Crippen molar-refractivity contribution in [3.8, 4) is 23.2 Å². The zero-order valence-electron chi connectivity index (χ0n) is 17.1. The molecular weight excluding hydrogens is 398 g/mol. The molecule has 3 heterocycles. The van der Waals surface area contributed by atoms with Crippen LogP contribution in [0, 0.1) is 0 Å². The second kappa shape index (κ2) is 8.70. The molecule has 0 radical (unpaired) electrons. The van der Waals surface area contributed by atoms with Crippen LogP contribution in [0.1, 0.15) is 29.9 Å². The molecule has 1 amide bonds. The Kier molecular flexibility index (Phi) is 5.65. The fraction of sp³-hybridized carbons (Fsp3) is 0.182. The number of H-pyrrole nitrogens is 1. The van der Waals surface area contributed by atoms with Gasteiger partial charge in [0.15, 0.2) is 5.76 Å². The molecule has 158 valence electrons. The molecule has 4 aromatic rings. The largest absolute Gasteiger partial charge is 0.493 e. The van der Waals surface area contributed by atoms with Crippen LogP contribution in [0.25, 0.3) is 17.4 Å². The van der Waals surface area contributed by atoms with Crippen LogP contribution >= 0.6 is 0 Å². The maximum absolute atomic E-state index is 13.0. The number of ether oxygens (including phenoxy) is 1. The van der Waals surface area contributed by atoms with Crippen LogP contribution in [-0.2, 0) is 6.42 Å². The molecule has 1 aromatic carbocycles. The van der Waals surface area contributed by atoms with Crippen LogP contribution in [0.15, 0.2) is 64.0 Å². The molecule has 4 rings (SSSR count). The van der Waals surface area contributed by atoms with Crippen LogP contribution < -0.4 is 15.6 Å². The van der Waals surface area contributed by atoms with Crippen LogP contribution in [0.5, 0.6) is 5.75 Å². The van der Waals surface area contributed by atoms with Gasteiger partial charge in [0.2, 0.25) is 5.95 Å². The van der Waals surface area contributed by atoms with E-state index in [1.165, 1.54) is 17.0 Å². The van der Waals surface area contributed by atoms with Gasteiger partial charge in [0.05, 0.1) is 18.4 Å². The summed E-state index contributed by atoms with van der Waals surface area (Å²) in [5, 5.41) is 7.33. The second-order valence-corrected chi connectivity index (χ2v) is 6.60. The summed E-state index contributed by atoms with van der Waals surface area (Å²) in [6, 6.07) is 13.5. The molecule has 0 saturated carbocycles. The molecule has 0 fully saturated rings. The fourth-order valence-electron chi connectivity index (χ4n) is 3.07. The minimum Gasteiger partial charge on any atom is -0.493 e. The van der Waals surface area contributed by atoms with Crippen LogP contribution in [-0.4, -0.2) is 32.3 Å². The van der Waals surface area contributed by atoms with Gasteiger partial charge in [-0.25, -0.2) is 4.98 Å². The zero-order chi connectivity index (χ0) is 21.8. The van der Waals surface area contributed by atoms with Crippen molar-refractivity contribution in [2.75, 3.05) is 11.9 Å². The first-order chi connectivity index (χ1) is 15.1. The maximum atomic E-state index is 13.0. The van der Waals surface area contributed by atoms with Crippen molar-refractivity contribution in [2.45, 2.75) is 20.3 Å². The van der Waals surface area contributed by atoms with Crippen LogP contribution in [0.3, 0.4) is 0 Å². The lowest BCUT2D eigenvalue weighted by atomic mass is 10.2. The van der Waals surface area contributed by atoms with Crippen LogP contribution in [0.2, 0.25) is 0 Å². The number of hydrogen-bond donors (Lipinski definition) is 2. The van der Waals surface area contributed by atoms with E-state index in [4.69, 9.17) is 9.15 Å². The van der Waals surface area contributed by atoms with E-state index in [0.717, 1.165) is 0 Å². The van der Waals surface area contributed by atoms with Gasteiger partial charge in [-0.2, -0.15) is 9.78 Å². The van der Waals surface area contributed by atoms with Gasteiger partial charge in [0.25, 0.3) is 11.5 Å². The van der Waals surface area contributed by atoms with Gasteiger partial charge in [0, 0.05) is 17.8 Å². The van der Waals surface area contributed by atoms with Gasteiger partial charge in [-0.3, -0.25) is 14.6 Å². The number of aromatic amines is 1. The van der Waals surface area contributed by atoms with E-state index in [0.29, 0.717) is 47.3 Å². The van der Waals surface area contributed by atoms with E-state index in [2.05, 4.69) is 20.4 Å². The summed E-state index contributed by atoms with van der Waals surface area (Å²) in [5.74, 6) is 1.11. The summed E-state index contributed by atoms with van der Waals surface area (Å²) in [5.41, 5.74) is 1.15. The van der Waals surface area contributed by atoms with Gasteiger partial charge in [-0.1, -0.05) is 19.1 Å². The number of nitrogens with one attached hydrogen (secondary N) is 2. The Morgan fingerprint density at radius 1 is 1.19 bits per heavy atom. The van der Waals surface area contributed by atoms with Gasteiger partial charge >= 0.3 is 0 Å². The second-order valence-electron chi connectivity index (χ2n) is 6.60. The number of aryl methyl sites for hydroxylation is 1. The normalized spacial score (nSPS) is 10.8. The Balaban J connectivity index is 1.77. The number of aromatic nitrogens is 4. The Hall–Kier alpha value is -4.14. The first kappa shape index (κ1) is 20.1.